The summed E-state index contributed by atoms with van der Waals surface area (Å²) in [5.74, 6) is -0.364. The van der Waals surface area contributed by atoms with Gasteiger partial charge in [-0.15, -0.1) is 11.6 Å². The largest absolute Gasteiger partial charge is 0.294 e. The van der Waals surface area contributed by atoms with Gasteiger partial charge in [0.15, 0.2) is 5.78 Å². The minimum absolute atomic E-state index is 0.113. The second-order valence-electron chi connectivity index (χ2n) is 2.85. The molecule has 14 heavy (non-hydrogen) atoms. The van der Waals surface area contributed by atoms with Crippen molar-refractivity contribution in [3.8, 4) is 0 Å². The van der Waals surface area contributed by atoms with Crippen LogP contribution < -0.4 is 0 Å². The maximum Gasteiger partial charge on any atom is 0.162 e. The van der Waals surface area contributed by atoms with Gasteiger partial charge in [-0.25, -0.2) is 4.39 Å². The summed E-state index contributed by atoms with van der Waals surface area (Å²) in [6, 6.07) is 4.40. The molecule has 0 aliphatic rings. The Hall–Kier alpha value is -1.15. The van der Waals surface area contributed by atoms with E-state index in [-0.39, 0.29) is 11.3 Å². The van der Waals surface area contributed by atoms with Gasteiger partial charge in [0.25, 0.3) is 0 Å². The lowest BCUT2D eigenvalue weighted by molar-refractivity contribution is 0.101. The molecule has 0 aromatic heterocycles. The van der Waals surface area contributed by atoms with Crippen molar-refractivity contribution in [1.82, 2.24) is 0 Å². The van der Waals surface area contributed by atoms with Crippen molar-refractivity contribution in [1.29, 1.82) is 0 Å². The number of alkyl halides is 1. The fraction of sp³-hybridized carbons (Fsp3) is 0.182. The van der Waals surface area contributed by atoms with E-state index in [1.807, 2.05) is 0 Å². The van der Waals surface area contributed by atoms with E-state index in [1.54, 1.807) is 18.2 Å². The molecule has 0 aliphatic carbocycles. The van der Waals surface area contributed by atoms with Crippen molar-refractivity contribution >= 4 is 23.5 Å². The van der Waals surface area contributed by atoms with Gasteiger partial charge in [-0.2, -0.15) is 0 Å². The van der Waals surface area contributed by atoms with E-state index < -0.39 is 5.82 Å². The van der Waals surface area contributed by atoms with Gasteiger partial charge in [-0.05, 0) is 24.6 Å². The first-order valence-electron chi connectivity index (χ1n) is 4.18. The number of carbonyl (C=O) groups is 1. The van der Waals surface area contributed by atoms with Crippen LogP contribution in [0.25, 0.3) is 6.08 Å². The zero-order valence-electron chi connectivity index (χ0n) is 7.76. The minimum atomic E-state index is -0.486. The van der Waals surface area contributed by atoms with Gasteiger partial charge in [0, 0.05) is 5.88 Å². The molecule has 1 nitrogen and oxygen atoms in total. The van der Waals surface area contributed by atoms with Gasteiger partial charge < -0.3 is 0 Å². The molecular formula is C11H10ClFO. The summed E-state index contributed by atoms with van der Waals surface area (Å²) in [5.41, 5.74) is 0.888. The molecule has 0 aliphatic heterocycles. The van der Waals surface area contributed by atoms with Crippen LogP contribution in [0.15, 0.2) is 24.3 Å². The van der Waals surface area contributed by atoms with Gasteiger partial charge in [-0.1, -0.05) is 18.2 Å². The predicted molar refractivity (Wildman–Crippen MR) is 56.2 cm³/mol. The highest BCUT2D eigenvalue weighted by molar-refractivity contribution is 6.19. The van der Waals surface area contributed by atoms with E-state index >= 15 is 0 Å². The summed E-state index contributed by atoms with van der Waals surface area (Å²) in [6.45, 7) is 1.34. The zero-order valence-corrected chi connectivity index (χ0v) is 8.51. The second kappa shape index (κ2) is 4.91. The number of allylic oxidation sites excluding steroid dienone is 1. The first-order chi connectivity index (χ1) is 6.65. The number of hydrogen-bond donors (Lipinski definition) is 0. The Labute approximate surface area is 87.2 Å². The van der Waals surface area contributed by atoms with E-state index in [0.29, 0.717) is 5.88 Å². The Morgan fingerprint density at radius 1 is 1.57 bits per heavy atom. The lowest BCUT2D eigenvalue weighted by Crippen LogP contribution is -1.96. The van der Waals surface area contributed by atoms with Gasteiger partial charge >= 0.3 is 0 Å². The standard InChI is InChI=1S/C11H10ClFO/c1-8(14)10-7-9(3-2-6-12)4-5-11(10)13/h2-5,7H,6H2,1H3. The molecule has 0 fully saturated rings. The molecule has 0 unspecified atom stereocenters. The summed E-state index contributed by atoms with van der Waals surface area (Å²) < 4.78 is 13.1. The van der Waals surface area contributed by atoms with Gasteiger partial charge in [0.1, 0.15) is 5.82 Å². The van der Waals surface area contributed by atoms with Crippen LogP contribution in [0.5, 0.6) is 0 Å². The number of ketones is 1. The van der Waals surface area contributed by atoms with Crippen molar-refractivity contribution in [3.05, 3.63) is 41.2 Å². The molecule has 0 saturated carbocycles. The normalized spacial score (nSPS) is 10.8. The zero-order chi connectivity index (χ0) is 10.6. The Morgan fingerprint density at radius 2 is 2.29 bits per heavy atom. The summed E-state index contributed by atoms with van der Waals surface area (Å²) in [5, 5.41) is 0. The van der Waals surface area contributed by atoms with Crippen LogP contribution in [0.3, 0.4) is 0 Å². The third kappa shape index (κ3) is 2.67. The maximum absolute atomic E-state index is 13.1. The maximum atomic E-state index is 13.1. The molecular weight excluding hydrogens is 203 g/mol. The third-order valence-electron chi connectivity index (χ3n) is 1.77. The molecule has 0 N–H and O–H groups in total. The number of carbonyl (C=O) groups excluding carboxylic acids is 1. The molecule has 3 heteroatoms. The van der Waals surface area contributed by atoms with E-state index in [0.717, 1.165) is 5.56 Å². The summed E-state index contributed by atoms with van der Waals surface area (Å²) in [6.07, 6.45) is 3.48. The SMILES string of the molecule is CC(=O)c1cc(C=CCCl)ccc1F. The van der Waals surface area contributed by atoms with Gasteiger partial charge in [-0.3, -0.25) is 4.79 Å². The van der Waals surface area contributed by atoms with Gasteiger partial charge in [0.05, 0.1) is 5.56 Å². The van der Waals surface area contributed by atoms with Crippen molar-refractivity contribution in [3.63, 3.8) is 0 Å². The quantitative estimate of drug-likeness (QED) is 0.555. The number of Topliss-reactive ketones (excluding diaryl/α,β-unsaturated/α-hetero) is 1. The van der Waals surface area contributed by atoms with Crippen molar-refractivity contribution in [2.45, 2.75) is 6.92 Å². The molecule has 1 aromatic rings. The highest BCUT2D eigenvalue weighted by Gasteiger charge is 2.06. The number of hydrogen-bond acceptors (Lipinski definition) is 1. The van der Waals surface area contributed by atoms with Crippen LogP contribution in [0.2, 0.25) is 0 Å². The highest BCUT2D eigenvalue weighted by atomic mass is 35.5. The molecule has 0 spiro atoms. The average molecular weight is 213 g/mol. The topological polar surface area (TPSA) is 17.1 Å². The van der Waals surface area contributed by atoms with Crippen LogP contribution in [0.1, 0.15) is 22.8 Å². The summed E-state index contributed by atoms with van der Waals surface area (Å²) in [4.78, 5) is 11.0. The fourth-order valence-corrected chi connectivity index (χ4v) is 1.19. The van der Waals surface area contributed by atoms with Crippen molar-refractivity contribution < 1.29 is 9.18 Å². The van der Waals surface area contributed by atoms with E-state index in [9.17, 15) is 9.18 Å². The van der Waals surface area contributed by atoms with Gasteiger partial charge in [0.2, 0.25) is 0 Å². The molecule has 1 aromatic carbocycles. The van der Waals surface area contributed by atoms with Crippen LogP contribution in [-0.4, -0.2) is 11.7 Å². The van der Waals surface area contributed by atoms with E-state index in [1.165, 1.54) is 19.1 Å². The Morgan fingerprint density at radius 3 is 2.86 bits per heavy atom. The Kier molecular flexibility index (Phi) is 3.84. The number of rotatable bonds is 3. The molecule has 74 valence electrons. The van der Waals surface area contributed by atoms with Crippen LogP contribution >= 0.6 is 11.6 Å². The first-order valence-corrected chi connectivity index (χ1v) is 4.71. The van der Waals surface area contributed by atoms with Crippen LogP contribution in [0, 0.1) is 5.82 Å². The summed E-state index contributed by atoms with van der Waals surface area (Å²) in [7, 11) is 0. The monoisotopic (exact) mass is 212 g/mol. The molecule has 0 bridgehead atoms. The van der Waals surface area contributed by atoms with Crippen molar-refractivity contribution in [2.24, 2.45) is 0 Å². The lowest BCUT2D eigenvalue weighted by atomic mass is 10.1. The lowest BCUT2D eigenvalue weighted by Gasteiger charge is -1.99. The predicted octanol–water partition coefficient (Wildman–Crippen LogP) is 3.28. The highest BCUT2D eigenvalue weighted by Crippen LogP contribution is 2.12. The molecule has 0 saturated heterocycles. The Bertz CT molecular complexity index is 372. The number of benzene rings is 1. The molecule has 0 amide bonds. The molecule has 0 heterocycles. The molecule has 0 atom stereocenters. The number of halogens is 2. The summed E-state index contributed by atoms with van der Waals surface area (Å²) >= 11 is 5.46. The second-order valence-corrected chi connectivity index (χ2v) is 3.16. The molecule has 1 rings (SSSR count). The van der Waals surface area contributed by atoms with Crippen LogP contribution in [-0.2, 0) is 0 Å². The van der Waals surface area contributed by atoms with E-state index in [4.69, 9.17) is 11.6 Å². The Balaban J connectivity index is 3.06. The fourth-order valence-electron chi connectivity index (χ4n) is 1.10. The third-order valence-corrected chi connectivity index (χ3v) is 1.95. The smallest absolute Gasteiger partial charge is 0.162 e. The minimum Gasteiger partial charge on any atom is -0.294 e. The molecule has 0 radical (unpaired) electrons. The first kappa shape index (κ1) is 10.9. The van der Waals surface area contributed by atoms with Crippen LogP contribution in [0.4, 0.5) is 4.39 Å². The average Bonchev–Trinajstić information content (AvgIpc) is 2.16. The van der Waals surface area contributed by atoms with E-state index in [2.05, 4.69) is 0 Å². The van der Waals surface area contributed by atoms with Crippen molar-refractivity contribution in [2.75, 3.05) is 5.88 Å².